The van der Waals surface area contributed by atoms with E-state index >= 15 is 0 Å². The number of rotatable bonds is 4. The molecule has 4 aromatic rings. The molecule has 1 aliphatic heterocycles. The molecule has 0 saturated carbocycles. The number of likely N-dealkylation sites (tertiary alicyclic amines) is 1. The molecule has 1 aromatic carbocycles. The van der Waals surface area contributed by atoms with Crippen LogP contribution in [0.25, 0.3) is 22.6 Å². The molecule has 7 nitrogen and oxygen atoms in total. The highest BCUT2D eigenvalue weighted by atomic mass is 32.1. The van der Waals surface area contributed by atoms with Crippen LogP contribution in [-0.2, 0) is 0 Å². The molecule has 1 saturated heterocycles. The van der Waals surface area contributed by atoms with E-state index in [-0.39, 0.29) is 11.8 Å². The topological polar surface area (TPSA) is 87.9 Å². The van der Waals surface area contributed by atoms with Crippen molar-refractivity contribution in [1.29, 1.82) is 0 Å². The van der Waals surface area contributed by atoms with Crippen LogP contribution in [0.15, 0.2) is 57.7 Å². The van der Waals surface area contributed by atoms with Crippen molar-refractivity contribution in [2.45, 2.75) is 5.92 Å². The summed E-state index contributed by atoms with van der Waals surface area (Å²) in [6.45, 7) is 1.12. The molecule has 0 radical (unpaired) electrons. The van der Waals surface area contributed by atoms with Crippen LogP contribution in [0.2, 0.25) is 0 Å². The van der Waals surface area contributed by atoms with Crippen molar-refractivity contribution in [2.24, 2.45) is 0 Å². The number of amides is 1. The number of benzene rings is 1. The highest BCUT2D eigenvalue weighted by molar-refractivity contribution is 7.08. The van der Waals surface area contributed by atoms with Crippen LogP contribution in [0.5, 0.6) is 0 Å². The van der Waals surface area contributed by atoms with Gasteiger partial charge in [0.15, 0.2) is 0 Å². The third kappa shape index (κ3) is 2.93. The van der Waals surface area contributed by atoms with E-state index in [1.807, 2.05) is 47.2 Å². The molecule has 0 aliphatic carbocycles. The minimum absolute atomic E-state index is 0.0708. The van der Waals surface area contributed by atoms with Gasteiger partial charge in [0.05, 0.1) is 11.6 Å². The molecule has 1 amide bonds. The van der Waals surface area contributed by atoms with Gasteiger partial charge in [0.25, 0.3) is 5.91 Å². The molecule has 5 rings (SSSR count). The van der Waals surface area contributed by atoms with E-state index in [0.29, 0.717) is 30.5 Å². The molecular formula is C19H15N5O2S. The molecule has 3 aromatic heterocycles. The van der Waals surface area contributed by atoms with E-state index in [4.69, 9.17) is 4.52 Å². The molecule has 134 valence electrons. The highest BCUT2D eigenvalue weighted by Crippen LogP contribution is 2.29. The number of carbonyl (C=O) groups excluding carboxylic acids is 1. The number of hydrogen-bond donors (Lipinski definition) is 1. The second kappa shape index (κ2) is 6.48. The van der Waals surface area contributed by atoms with Gasteiger partial charge in [-0.25, -0.2) is 0 Å². The second-order valence-corrected chi connectivity index (χ2v) is 7.19. The first-order valence-corrected chi connectivity index (χ1v) is 9.48. The minimum Gasteiger partial charge on any atom is -0.339 e. The van der Waals surface area contributed by atoms with Crippen LogP contribution in [0.4, 0.5) is 0 Å². The molecule has 27 heavy (non-hydrogen) atoms. The number of hydrogen-bond acceptors (Lipinski definition) is 6. The maximum absolute atomic E-state index is 12.6. The van der Waals surface area contributed by atoms with Crippen LogP contribution >= 0.6 is 11.3 Å². The van der Waals surface area contributed by atoms with Gasteiger partial charge in [-0.05, 0) is 17.5 Å². The molecule has 0 unspecified atom stereocenters. The first-order valence-electron chi connectivity index (χ1n) is 8.54. The monoisotopic (exact) mass is 377 g/mol. The zero-order valence-corrected chi connectivity index (χ0v) is 15.0. The minimum atomic E-state index is -0.0708. The first-order chi connectivity index (χ1) is 13.3. The number of thiophene rings is 1. The van der Waals surface area contributed by atoms with Crippen molar-refractivity contribution < 1.29 is 9.32 Å². The Morgan fingerprint density at radius 3 is 2.81 bits per heavy atom. The van der Waals surface area contributed by atoms with Gasteiger partial charge in [-0.3, -0.25) is 9.89 Å². The van der Waals surface area contributed by atoms with Gasteiger partial charge in [-0.15, -0.1) is 0 Å². The van der Waals surface area contributed by atoms with Crippen molar-refractivity contribution in [1.82, 2.24) is 25.2 Å². The third-order valence-corrected chi connectivity index (χ3v) is 5.30. The molecule has 8 heteroatoms. The SMILES string of the molecule is O=C(c1cc(-c2ccccc2)n[nH]1)N1CC(c2nc(-c3ccsc3)no2)C1. The van der Waals surface area contributed by atoms with Crippen LogP contribution in [0.3, 0.4) is 0 Å². The Labute approximate surface area is 158 Å². The first kappa shape index (κ1) is 16.0. The Morgan fingerprint density at radius 2 is 2.04 bits per heavy atom. The third-order valence-electron chi connectivity index (χ3n) is 4.62. The molecule has 1 fully saturated rings. The second-order valence-electron chi connectivity index (χ2n) is 6.41. The van der Waals surface area contributed by atoms with Crippen molar-refractivity contribution in [3.63, 3.8) is 0 Å². The molecule has 1 N–H and O–H groups in total. The summed E-state index contributed by atoms with van der Waals surface area (Å²) in [6.07, 6.45) is 0. The molecule has 0 bridgehead atoms. The molecule has 0 atom stereocenters. The Kier molecular flexibility index (Phi) is 3.83. The maximum Gasteiger partial charge on any atom is 0.271 e. The zero-order valence-electron chi connectivity index (χ0n) is 14.2. The van der Waals surface area contributed by atoms with Crippen molar-refractivity contribution in [3.8, 4) is 22.6 Å². The number of H-pyrrole nitrogens is 1. The molecule has 0 spiro atoms. The Balaban J connectivity index is 1.25. The summed E-state index contributed by atoms with van der Waals surface area (Å²) in [6, 6.07) is 13.5. The van der Waals surface area contributed by atoms with Crippen molar-refractivity contribution >= 4 is 17.2 Å². The van der Waals surface area contributed by atoms with E-state index in [9.17, 15) is 4.79 Å². The molecule has 1 aliphatic rings. The van der Waals surface area contributed by atoms with Gasteiger partial charge in [-0.1, -0.05) is 35.5 Å². The van der Waals surface area contributed by atoms with Crippen LogP contribution in [0.1, 0.15) is 22.3 Å². The van der Waals surface area contributed by atoms with Crippen molar-refractivity contribution in [2.75, 3.05) is 13.1 Å². The lowest BCUT2D eigenvalue weighted by Crippen LogP contribution is -2.48. The summed E-state index contributed by atoms with van der Waals surface area (Å²) in [5, 5.41) is 15.1. The summed E-state index contributed by atoms with van der Waals surface area (Å²) in [5.74, 6) is 1.18. The Bertz CT molecular complexity index is 1060. The summed E-state index contributed by atoms with van der Waals surface area (Å²) < 4.78 is 5.37. The number of nitrogens with one attached hydrogen (secondary N) is 1. The average Bonchev–Trinajstić information content (AvgIpc) is 3.41. The molecule has 4 heterocycles. The number of aromatic nitrogens is 4. The largest absolute Gasteiger partial charge is 0.339 e. The lowest BCUT2D eigenvalue weighted by molar-refractivity contribution is 0.0563. The summed E-state index contributed by atoms with van der Waals surface area (Å²) in [7, 11) is 0. The Morgan fingerprint density at radius 1 is 1.19 bits per heavy atom. The lowest BCUT2D eigenvalue weighted by atomic mass is 9.99. The van der Waals surface area contributed by atoms with Gasteiger partial charge >= 0.3 is 0 Å². The van der Waals surface area contributed by atoms with Gasteiger partial charge in [0.2, 0.25) is 11.7 Å². The normalized spacial score (nSPS) is 14.3. The fourth-order valence-electron chi connectivity index (χ4n) is 3.07. The van der Waals surface area contributed by atoms with Gasteiger partial charge in [0.1, 0.15) is 5.69 Å². The van der Waals surface area contributed by atoms with Gasteiger partial charge in [0, 0.05) is 29.6 Å². The predicted octanol–water partition coefficient (Wildman–Crippen LogP) is 3.43. The van der Waals surface area contributed by atoms with Gasteiger partial charge in [-0.2, -0.15) is 21.4 Å². The fraction of sp³-hybridized carbons (Fsp3) is 0.158. The fourth-order valence-corrected chi connectivity index (χ4v) is 3.70. The highest BCUT2D eigenvalue weighted by Gasteiger charge is 2.36. The van der Waals surface area contributed by atoms with Crippen LogP contribution in [-0.4, -0.2) is 44.2 Å². The van der Waals surface area contributed by atoms with E-state index in [1.54, 1.807) is 22.3 Å². The van der Waals surface area contributed by atoms with E-state index in [1.165, 1.54) is 0 Å². The number of aromatic amines is 1. The summed E-state index contributed by atoms with van der Waals surface area (Å²) >= 11 is 1.59. The maximum atomic E-state index is 12.6. The predicted molar refractivity (Wildman–Crippen MR) is 100 cm³/mol. The smallest absolute Gasteiger partial charge is 0.271 e. The standard InChI is InChI=1S/C19H15N5O2S/c25-19(16-8-15(21-22-16)12-4-2-1-3-5-12)24-9-14(10-24)18-20-17(23-26-18)13-6-7-27-11-13/h1-8,11,14H,9-10H2,(H,21,22). The van der Waals surface area contributed by atoms with Crippen LogP contribution < -0.4 is 0 Å². The zero-order chi connectivity index (χ0) is 18.2. The van der Waals surface area contributed by atoms with Crippen LogP contribution in [0, 0.1) is 0 Å². The summed E-state index contributed by atoms with van der Waals surface area (Å²) in [4.78, 5) is 18.8. The number of carbonyl (C=O) groups is 1. The Hall–Kier alpha value is -3.26. The van der Waals surface area contributed by atoms with Gasteiger partial charge < -0.3 is 9.42 Å². The van der Waals surface area contributed by atoms with E-state index in [2.05, 4.69) is 20.3 Å². The van der Waals surface area contributed by atoms with E-state index < -0.39 is 0 Å². The quantitative estimate of drug-likeness (QED) is 0.589. The van der Waals surface area contributed by atoms with Crippen molar-refractivity contribution in [3.05, 3.63) is 64.8 Å². The summed E-state index contributed by atoms with van der Waals surface area (Å²) in [5.41, 5.74) is 3.17. The van der Waals surface area contributed by atoms with E-state index in [0.717, 1.165) is 16.8 Å². The average molecular weight is 377 g/mol. The lowest BCUT2D eigenvalue weighted by Gasteiger charge is -2.36. The number of nitrogens with zero attached hydrogens (tertiary/aromatic N) is 4. The molecular weight excluding hydrogens is 362 g/mol.